The molecule has 0 saturated heterocycles. The number of allylic oxidation sites excluding steroid dienone is 1. The fourth-order valence-electron chi connectivity index (χ4n) is 7.58. The summed E-state index contributed by atoms with van der Waals surface area (Å²) in [6.45, 7) is 3.81. The highest BCUT2D eigenvalue weighted by Crippen LogP contribution is 2.42. The highest BCUT2D eigenvalue weighted by molar-refractivity contribution is 5.95. The number of carbonyl (C=O) groups is 2. The molecule has 1 unspecified atom stereocenters. The number of phenols is 1. The molecule has 1 aliphatic heterocycles. The Balaban J connectivity index is 1.31. The van der Waals surface area contributed by atoms with Crippen LogP contribution in [0.3, 0.4) is 0 Å². The van der Waals surface area contributed by atoms with E-state index in [1.807, 2.05) is 94.1 Å². The number of aromatic hydroxyl groups is 1. The van der Waals surface area contributed by atoms with Crippen molar-refractivity contribution in [2.24, 2.45) is 0 Å². The lowest BCUT2D eigenvalue weighted by Crippen LogP contribution is -2.51. The zero-order valence-corrected chi connectivity index (χ0v) is 31.5. The molecule has 56 heavy (non-hydrogen) atoms. The first kappa shape index (κ1) is 36.1. The predicted molar refractivity (Wildman–Crippen MR) is 214 cm³/mol. The van der Waals surface area contributed by atoms with Gasteiger partial charge in [-0.15, -0.1) is 0 Å². The summed E-state index contributed by atoms with van der Waals surface area (Å²) in [5, 5.41) is 10.6. The molecule has 11 nitrogen and oxygen atoms in total. The standard InChI is InChI=1S/C45H42N6O5/c1-4-56-44(53)42-30(2)48(28-49-36-21-13-11-19-34(36)46-40(49)25-31-15-7-5-8-16-31)45(54)51(43(42)33-23-24-38(52)39(27-33)55-3)29-50-37-22-14-12-20-35(37)47-41(50)26-32-17-9-6-10-18-32/h5-24,27,43,52H,4,25-26,28-29H2,1-3H3. The maximum absolute atomic E-state index is 15.4. The molecule has 1 aliphatic rings. The number of aromatic nitrogens is 4. The van der Waals surface area contributed by atoms with Gasteiger partial charge in [0, 0.05) is 18.5 Å². The van der Waals surface area contributed by atoms with Gasteiger partial charge in [-0.3, -0.25) is 9.80 Å². The van der Waals surface area contributed by atoms with Crippen LogP contribution in [0.5, 0.6) is 11.5 Å². The number of amides is 2. The Morgan fingerprint density at radius 2 is 1.27 bits per heavy atom. The Kier molecular flexibility index (Phi) is 9.97. The Morgan fingerprint density at radius 1 is 0.732 bits per heavy atom. The maximum atomic E-state index is 15.4. The molecule has 0 radical (unpaired) electrons. The fourth-order valence-corrected chi connectivity index (χ4v) is 7.58. The maximum Gasteiger partial charge on any atom is 0.338 e. The molecule has 2 aromatic heterocycles. The summed E-state index contributed by atoms with van der Waals surface area (Å²) < 4.78 is 15.4. The molecular formula is C45H42N6O5. The number of ether oxygens (including phenoxy) is 2. The minimum absolute atomic E-state index is 0.0452. The van der Waals surface area contributed by atoms with E-state index in [0.29, 0.717) is 29.7 Å². The van der Waals surface area contributed by atoms with Gasteiger partial charge in [-0.05, 0) is 66.9 Å². The first-order chi connectivity index (χ1) is 27.3. The number of esters is 1. The Bertz CT molecular complexity index is 2580. The van der Waals surface area contributed by atoms with Gasteiger partial charge in [0.15, 0.2) is 11.5 Å². The summed E-state index contributed by atoms with van der Waals surface area (Å²) in [7, 11) is 1.47. The number of carbonyl (C=O) groups excluding carboxylic acids is 2. The lowest BCUT2D eigenvalue weighted by molar-refractivity contribution is -0.139. The minimum Gasteiger partial charge on any atom is -0.504 e. The molecular weight excluding hydrogens is 705 g/mol. The number of rotatable bonds is 12. The number of benzene rings is 5. The number of nitrogens with zero attached hydrogens (tertiary/aromatic N) is 6. The summed E-state index contributed by atoms with van der Waals surface area (Å²) in [4.78, 5) is 43.1. The molecule has 7 aromatic rings. The number of para-hydroxylation sites is 4. The van der Waals surface area contributed by atoms with E-state index in [1.165, 1.54) is 13.2 Å². The zero-order valence-electron chi connectivity index (χ0n) is 31.5. The van der Waals surface area contributed by atoms with Crippen LogP contribution in [0.15, 0.2) is 139 Å². The van der Waals surface area contributed by atoms with Crippen molar-refractivity contribution in [3.05, 3.63) is 167 Å². The summed E-state index contributed by atoms with van der Waals surface area (Å²) in [5.74, 6) is 1.14. The van der Waals surface area contributed by atoms with Gasteiger partial charge in [0.1, 0.15) is 25.0 Å². The van der Waals surface area contributed by atoms with Gasteiger partial charge in [0.2, 0.25) is 0 Å². The topological polar surface area (TPSA) is 115 Å². The van der Waals surface area contributed by atoms with Crippen molar-refractivity contribution in [2.45, 2.75) is 46.1 Å². The molecule has 282 valence electrons. The number of hydrogen-bond donors (Lipinski definition) is 1. The van der Waals surface area contributed by atoms with Crippen LogP contribution in [0.2, 0.25) is 0 Å². The second kappa shape index (κ2) is 15.5. The lowest BCUT2D eigenvalue weighted by Gasteiger charge is -2.43. The Labute approximate surface area is 324 Å². The van der Waals surface area contributed by atoms with Gasteiger partial charge in [-0.25, -0.2) is 19.6 Å². The van der Waals surface area contributed by atoms with Crippen molar-refractivity contribution in [3.63, 3.8) is 0 Å². The van der Waals surface area contributed by atoms with Crippen LogP contribution in [0.4, 0.5) is 4.79 Å². The molecule has 0 bridgehead atoms. The first-order valence-electron chi connectivity index (χ1n) is 18.6. The van der Waals surface area contributed by atoms with E-state index in [4.69, 9.17) is 19.4 Å². The van der Waals surface area contributed by atoms with E-state index in [2.05, 4.69) is 24.3 Å². The van der Waals surface area contributed by atoms with E-state index >= 15 is 4.79 Å². The molecule has 1 atom stereocenters. The van der Waals surface area contributed by atoms with E-state index in [0.717, 1.165) is 44.8 Å². The van der Waals surface area contributed by atoms with E-state index in [1.54, 1.807) is 35.8 Å². The SMILES string of the molecule is CCOC(=O)C1=C(C)N(Cn2c(Cc3ccccc3)nc3ccccc32)C(=O)N(Cn2c(Cc3ccccc3)nc3ccccc32)C1c1ccc(O)c(OC)c1. The molecule has 2 amide bonds. The van der Waals surface area contributed by atoms with Gasteiger partial charge < -0.3 is 23.7 Å². The number of methoxy groups -OCH3 is 1. The average molecular weight is 747 g/mol. The largest absolute Gasteiger partial charge is 0.504 e. The van der Waals surface area contributed by atoms with E-state index in [9.17, 15) is 9.90 Å². The van der Waals surface area contributed by atoms with Crippen molar-refractivity contribution in [1.82, 2.24) is 28.9 Å². The van der Waals surface area contributed by atoms with Crippen LogP contribution in [0, 0.1) is 0 Å². The third-order valence-corrected chi connectivity index (χ3v) is 10.3. The third-order valence-electron chi connectivity index (χ3n) is 10.3. The first-order valence-corrected chi connectivity index (χ1v) is 18.6. The highest BCUT2D eigenvalue weighted by Gasteiger charge is 2.43. The molecule has 8 rings (SSSR count). The lowest BCUT2D eigenvalue weighted by atomic mass is 9.93. The number of hydrogen-bond acceptors (Lipinski definition) is 7. The van der Waals surface area contributed by atoms with Crippen molar-refractivity contribution < 1.29 is 24.2 Å². The van der Waals surface area contributed by atoms with Crippen LogP contribution in [-0.4, -0.2) is 59.7 Å². The van der Waals surface area contributed by atoms with Crippen LogP contribution in [0.25, 0.3) is 22.1 Å². The summed E-state index contributed by atoms with van der Waals surface area (Å²) >= 11 is 0. The van der Waals surface area contributed by atoms with E-state index in [-0.39, 0.29) is 37.5 Å². The van der Waals surface area contributed by atoms with Crippen molar-refractivity contribution in [1.29, 1.82) is 0 Å². The summed E-state index contributed by atoms with van der Waals surface area (Å²) in [6.07, 6.45) is 1.05. The van der Waals surface area contributed by atoms with Crippen molar-refractivity contribution in [2.75, 3.05) is 13.7 Å². The molecule has 5 aromatic carbocycles. The average Bonchev–Trinajstić information content (AvgIpc) is 3.74. The van der Waals surface area contributed by atoms with Gasteiger partial charge >= 0.3 is 12.0 Å². The van der Waals surface area contributed by atoms with Crippen LogP contribution < -0.4 is 4.74 Å². The summed E-state index contributed by atoms with van der Waals surface area (Å²) in [5.41, 5.74) is 6.75. The normalized spacial score (nSPS) is 14.6. The minimum atomic E-state index is -0.915. The van der Waals surface area contributed by atoms with Crippen molar-refractivity contribution >= 4 is 34.1 Å². The van der Waals surface area contributed by atoms with Gasteiger partial charge in [-0.2, -0.15) is 0 Å². The second-order valence-corrected chi connectivity index (χ2v) is 13.7. The predicted octanol–water partition coefficient (Wildman–Crippen LogP) is 8.21. The number of fused-ring (bicyclic) bond motifs is 2. The highest BCUT2D eigenvalue weighted by atomic mass is 16.5. The molecule has 3 heterocycles. The van der Waals surface area contributed by atoms with Crippen LogP contribution in [0.1, 0.15) is 48.2 Å². The monoisotopic (exact) mass is 746 g/mol. The second-order valence-electron chi connectivity index (χ2n) is 13.7. The molecule has 0 fully saturated rings. The number of imidazole rings is 2. The molecule has 0 aliphatic carbocycles. The Hall–Kier alpha value is -6.88. The molecule has 0 spiro atoms. The van der Waals surface area contributed by atoms with Gasteiger partial charge in [0.25, 0.3) is 0 Å². The van der Waals surface area contributed by atoms with E-state index < -0.39 is 12.0 Å². The van der Waals surface area contributed by atoms with Gasteiger partial charge in [-0.1, -0.05) is 91.0 Å². The quantitative estimate of drug-likeness (QED) is 0.125. The number of urea groups is 1. The van der Waals surface area contributed by atoms with Gasteiger partial charge in [0.05, 0.1) is 47.4 Å². The van der Waals surface area contributed by atoms with Crippen LogP contribution >= 0.6 is 0 Å². The molecule has 1 N–H and O–H groups in total. The fraction of sp³-hybridized carbons (Fsp3) is 0.200. The van der Waals surface area contributed by atoms with Crippen molar-refractivity contribution in [3.8, 4) is 11.5 Å². The molecule has 11 heteroatoms. The Morgan fingerprint density at radius 3 is 1.82 bits per heavy atom. The molecule has 0 saturated carbocycles. The zero-order chi connectivity index (χ0) is 38.8. The van der Waals surface area contributed by atoms with Crippen LogP contribution in [-0.2, 0) is 35.7 Å². The summed E-state index contributed by atoms with van der Waals surface area (Å²) in [6, 6.07) is 39.5. The smallest absolute Gasteiger partial charge is 0.338 e. The number of phenolic OH excluding ortho intramolecular Hbond substituents is 1. The third kappa shape index (κ3) is 6.83.